The Morgan fingerprint density at radius 2 is 2.15 bits per heavy atom. The molecule has 5 nitrogen and oxygen atoms in total. The van der Waals surface area contributed by atoms with E-state index in [1.54, 1.807) is 6.20 Å². The molecule has 0 aliphatic carbocycles. The van der Waals surface area contributed by atoms with Crippen LogP contribution >= 0.6 is 11.6 Å². The number of hydrogen-bond donors (Lipinski definition) is 1. The fourth-order valence-corrected chi connectivity index (χ4v) is 2.75. The Morgan fingerprint density at radius 3 is 2.70 bits per heavy atom. The highest BCUT2D eigenvalue weighted by molar-refractivity contribution is 6.31. The van der Waals surface area contributed by atoms with Crippen molar-refractivity contribution in [1.29, 1.82) is 0 Å². The second-order valence-electron chi connectivity index (χ2n) is 4.93. The second kappa shape index (κ2) is 6.41. The predicted molar refractivity (Wildman–Crippen MR) is 81.0 cm³/mol. The molecule has 110 valence electrons. The van der Waals surface area contributed by atoms with E-state index in [4.69, 9.17) is 11.6 Å². The summed E-state index contributed by atoms with van der Waals surface area (Å²) in [6.07, 6.45) is 2.74. The van der Waals surface area contributed by atoms with E-state index in [2.05, 4.69) is 35.4 Å². The van der Waals surface area contributed by atoms with Gasteiger partial charge in [0.15, 0.2) is 0 Å². The summed E-state index contributed by atoms with van der Waals surface area (Å²) in [5, 5.41) is 13.0. The molecule has 20 heavy (non-hydrogen) atoms. The van der Waals surface area contributed by atoms with Gasteiger partial charge in [0.1, 0.15) is 0 Å². The highest BCUT2D eigenvalue weighted by atomic mass is 35.5. The molecule has 0 spiro atoms. The lowest BCUT2D eigenvalue weighted by Crippen LogP contribution is -2.27. The molecule has 2 aromatic rings. The molecule has 0 bridgehead atoms. The maximum absolute atomic E-state index is 6.37. The molecule has 0 aromatic carbocycles. The standard InChI is InChI=1S/C14H22ClN5/c1-5-7-20-14(11(15)9-17-20)13(16-6-2)12-8-10(3)18-19(12)4/h8-9,13,16H,5-7H2,1-4H3. The van der Waals surface area contributed by atoms with Crippen LogP contribution in [0.3, 0.4) is 0 Å². The summed E-state index contributed by atoms with van der Waals surface area (Å²) in [5.41, 5.74) is 3.12. The van der Waals surface area contributed by atoms with Crippen LogP contribution in [0.15, 0.2) is 12.3 Å². The van der Waals surface area contributed by atoms with Crippen LogP contribution in [0.5, 0.6) is 0 Å². The number of rotatable bonds is 6. The average Bonchev–Trinajstić information content (AvgIpc) is 2.91. The molecule has 0 saturated heterocycles. The summed E-state index contributed by atoms with van der Waals surface area (Å²) >= 11 is 6.37. The first-order valence-corrected chi connectivity index (χ1v) is 7.41. The van der Waals surface area contributed by atoms with Gasteiger partial charge >= 0.3 is 0 Å². The minimum Gasteiger partial charge on any atom is -0.304 e. The Bertz CT molecular complexity index is 572. The zero-order valence-electron chi connectivity index (χ0n) is 12.5. The monoisotopic (exact) mass is 295 g/mol. The van der Waals surface area contributed by atoms with Gasteiger partial charge in [-0.2, -0.15) is 10.2 Å². The van der Waals surface area contributed by atoms with E-state index in [0.717, 1.165) is 36.6 Å². The van der Waals surface area contributed by atoms with Gasteiger partial charge in [0, 0.05) is 13.6 Å². The zero-order chi connectivity index (χ0) is 14.7. The Kier molecular flexibility index (Phi) is 4.83. The molecule has 2 rings (SSSR count). The third kappa shape index (κ3) is 2.88. The van der Waals surface area contributed by atoms with E-state index >= 15 is 0 Å². The van der Waals surface area contributed by atoms with Crippen molar-refractivity contribution in [3.05, 3.63) is 34.4 Å². The van der Waals surface area contributed by atoms with Gasteiger partial charge in [-0.1, -0.05) is 25.4 Å². The number of halogens is 1. The van der Waals surface area contributed by atoms with E-state index in [-0.39, 0.29) is 6.04 Å². The van der Waals surface area contributed by atoms with E-state index in [9.17, 15) is 0 Å². The van der Waals surface area contributed by atoms with Gasteiger partial charge in [-0.25, -0.2) is 0 Å². The molecule has 0 aliphatic heterocycles. The van der Waals surface area contributed by atoms with Crippen LogP contribution in [-0.4, -0.2) is 26.1 Å². The highest BCUT2D eigenvalue weighted by Crippen LogP contribution is 2.28. The Balaban J connectivity index is 2.48. The third-order valence-corrected chi connectivity index (χ3v) is 3.58. The van der Waals surface area contributed by atoms with Crippen molar-refractivity contribution in [2.45, 2.75) is 39.8 Å². The molecular formula is C14H22ClN5. The number of hydrogen-bond acceptors (Lipinski definition) is 3. The zero-order valence-corrected chi connectivity index (χ0v) is 13.3. The smallest absolute Gasteiger partial charge is 0.0933 e. The number of nitrogens with zero attached hydrogens (tertiary/aromatic N) is 4. The van der Waals surface area contributed by atoms with Crippen LogP contribution in [0.2, 0.25) is 5.02 Å². The van der Waals surface area contributed by atoms with Crippen LogP contribution in [0.4, 0.5) is 0 Å². The van der Waals surface area contributed by atoms with Gasteiger partial charge in [0.25, 0.3) is 0 Å². The van der Waals surface area contributed by atoms with Gasteiger partial charge in [0.2, 0.25) is 0 Å². The molecule has 1 unspecified atom stereocenters. The van der Waals surface area contributed by atoms with Crippen LogP contribution in [-0.2, 0) is 13.6 Å². The first kappa shape index (κ1) is 15.1. The maximum atomic E-state index is 6.37. The number of aryl methyl sites for hydroxylation is 3. The predicted octanol–water partition coefficient (Wildman–Crippen LogP) is 2.69. The summed E-state index contributed by atoms with van der Waals surface area (Å²) in [4.78, 5) is 0. The fraction of sp³-hybridized carbons (Fsp3) is 0.571. The number of nitrogens with one attached hydrogen (secondary N) is 1. The van der Waals surface area contributed by atoms with Gasteiger partial charge in [-0.3, -0.25) is 9.36 Å². The molecule has 1 N–H and O–H groups in total. The van der Waals surface area contributed by atoms with Crippen molar-refractivity contribution in [1.82, 2.24) is 24.9 Å². The maximum Gasteiger partial charge on any atom is 0.0933 e. The van der Waals surface area contributed by atoms with Gasteiger partial charge in [-0.05, 0) is 26.0 Å². The molecular weight excluding hydrogens is 274 g/mol. The van der Waals surface area contributed by atoms with Crippen molar-refractivity contribution in [3.63, 3.8) is 0 Å². The molecule has 0 fully saturated rings. The minimum absolute atomic E-state index is 0.00718. The van der Waals surface area contributed by atoms with Gasteiger partial charge < -0.3 is 5.32 Å². The average molecular weight is 296 g/mol. The molecule has 2 heterocycles. The minimum atomic E-state index is 0.00718. The molecule has 0 amide bonds. The highest BCUT2D eigenvalue weighted by Gasteiger charge is 2.24. The summed E-state index contributed by atoms with van der Waals surface area (Å²) in [7, 11) is 1.96. The summed E-state index contributed by atoms with van der Waals surface area (Å²) in [5.74, 6) is 0. The van der Waals surface area contributed by atoms with Crippen molar-refractivity contribution in [2.75, 3.05) is 6.54 Å². The number of aromatic nitrogens is 4. The third-order valence-electron chi connectivity index (χ3n) is 3.28. The van der Waals surface area contributed by atoms with Crippen molar-refractivity contribution >= 4 is 11.6 Å². The van der Waals surface area contributed by atoms with Crippen molar-refractivity contribution in [3.8, 4) is 0 Å². The van der Waals surface area contributed by atoms with E-state index in [0.29, 0.717) is 5.02 Å². The van der Waals surface area contributed by atoms with Crippen LogP contribution in [0, 0.1) is 6.92 Å². The first-order valence-electron chi connectivity index (χ1n) is 7.03. The topological polar surface area (TPSA) is 47.7 Å². The molecule has 1 atom stereocenters. The summed E-state index contributed by atoms with van der Waals surface area (Å²) in [6, 6.07) is 2.10. The van der Waals surface area contributed by atoms with E-state index in [1.165, 1.54) is 0 Å². The molecule has 0 saturated carbocycles. The Morgan fingerprint density at radius 1 is 1.40 bits per heavy atom. The largest absolute Gasteiger partial charge is 0.304 e. The molecule has 6 heteroatoms. The molecule has 0 radical (unpaired) electrons. The van der Waals surface area contributed by atoms with Gasteiger partial charge in [-0.15, -0.1) is 0 Å². The fourth-order valence-electron chi connectivity index (χ4n) is 2.50. The van der Waals surface area contributed by atoms with Gasteiger partial charge in [0.05, 0.1) is 34.3 Å². The van der Waals surface area contributed by atoms with E-state index < -0.39 is 0 Å². The van der Waals surface area contributed by atoms with Crippen molar-refractivity contribution in [2.24, 2.45) is 7.05 Å². The lowest BCUT2D eigenvalue weighted by molar-refractivity contribution is 0.500. The second-order valence-corrected chi connectivity index (χ2v) is 5.33. The summed E-state index contributed by atoms with van der Waals surface area (Å²) < 4.78 is 3.89. The van der Waals surface area contributed by atoms with Crippen LogP contribution in [0.1, 0.15) is 43.4 Å². The molecule has 0 aliphatic rings. The molecule has 2 aromatic heterocycles. The summed E-state index contributed by atoms with van der Waals surface area (Å²) in [6.45, 7) is 7.93. The first-order chi connectivity index (χ1) is 9.58. The Hall–Kier alpha value is -1.33. The normalized spacial score (nSPS) is 12.8. The lowest BCUT2D eigenvalue weighted by atomic mass is 10.1. The van der Waals surface area contributed by atoms with Crippen LogP contribution in [0.25, 0.3) is 0 Å². The quantitative estimate of drug-likeness (QED) is 0.891. The SMILES string of the molecule is CCCn1ncc(Cl)c1C(NCC)c1cc(C)nn1C. The lowest BCUT2D eigenvalue weighted by Gasteiger charge is -2.20. The van der Waals surface area contributed by atoms with Crippen LogP contribution < -0.4 is 5.32 Å². The van der Waals surface area contributed by atoms with E-state index in [1.807, 2.05) is 23.3 Å². The van der Waals surface area contributed by atoms with Crippen molar-refractivity contribution < 1.29 is 0 Å². The Labute approximate surface area is 124 Å².